The lowest BCUT2D eigenvalue weighted by molar-refractivity contribution is 0.0949. The van der Waals surface area contributed by atoms with Crippen molar-refractivity contribution in [2.45, 2.75) is 50.8 Å². The maximum Gasteiger partial charge on any atom is 0.273 e. The molecule has 1 aliphatic heterocycles. The van der Waals surface area contributed by atoms with Gasteiger partial charge in [0, 0.05) is 40.3 Å². The average molecular weight is 571 g/mol. The molecule has 1 unspecified atom stereocenters. The Hall–Kier alpha value is -3.25. The molecule has 2 aromatic carbocycles. The van der Waals surface area contributed by atoms with Gasteiger partial charge in [-0.2, -0.15) is 4.31 Å². The van der Waals surface area contributed by atoms with Gasteiger partial charge in [0.05, 0.1) is 24.7 Å². The normalized spacial score (nSPS) is 16.0. The molecule has 1 fully saturated rings. The Morgan fingerprint density at radius 3 is 2.45 bits per heavy atom. The van der Waals surface area contributed by atoms with Gasteiger partial charge in [-0.1, -0.05) is 24.3 Å². The van der Waals surface area contributed by atoms with E-state index in [9.17, 15) is 13.2 Å². The minimum absolute atomic E-state index is 0.105. The SMILES string of the molecule is COc1cc(C)c(S(=O)(=O)N(C)Cc2nc(C(=O)NCCc3ccc(CN4CCC(OC)C4)cc3)co2)c(C)c1. The molecule has 3 aromatic rings. The molecule has 4 rings (SSSR count). The number of oxazole rings is 1. The van der Waals surface area contributed by atoms with Gasteiger partial charge in [0.1, 0.15) is 12.0 Å². The summed E-state index contributed by atoms with van der Waals surface area (Å²) in [5.74, 6) is 0.349. The van der Waals surface area contributed by atoms with Crippen molar-refractivity contribution in [2.75, 3.05) is 40.9 Å². The molecule has 2 heterocycles. The Bertz CT molecular complexity index is 1400. The Morgan fingerprint density at radius 1 is 1.15 bits per heavy atom. The number of hydrogen-bond donors (Lipinski definition) is 1. The summed E-state index contributed by atoms with van der Waals surface area (Å²) in [5.41, 5.74) is 3.64. The van der Waals surface area contributed by atoms with Crippen LogP contribution >= 0.6 is 0 Å². The van der Waals surface area contributed by atoms with Crippen LogP contribution in [0.25, 0.3) is 0 Å². The van der Waals surface area contributed by atoms with E-state index in [1.807, 2.05) is 0 Å². The van der Waals surface area contributed by atoms with Gasteiger partial charge in [-0.25, -0.2) is 13.4 Å². The number of carbonyl (C=O) groups excluding carboxylic acids is 1. The first-order chi connectivity index (χ1) is 19.1. The highest BCUT2D eigenvalue weighted by Gasteiger charge is 2.27. The molecule has 0 spiro atoms. The molecule has 1 aromatic heterocycles. The van der Waals surface area contributed by atoms with Gasteiger partial charge in [0.2, 0.25) is 15.9 Å². The van der Waals surface area contributed by atoms with Crippen LogP contribution in [0.1, 0.15) is 45.1 Å². The molecule has 0 aliphatic carbocycles. The molecule has 0 radical (unpaired) electrons. The van der Waals surface area contributed by atoms with Gasteiger partial charge in [-0.15, -0.1) is 0 Å². The van der Waals surface area contributed by atoms with Crippen molar-refractivity contribution < 1.29 is 27.1 Å². The average Bonchev–Trinajstić information content (AvgIpc) is 3.58. The van der Waals surface area contributed by atoms with Crippen LogP contribution in [0.5, 0.6) is 5.75 Å². The molecule has 1 N–H and O–H groups in total. The molecule has 1 aliphatic rings. The van der Waals surface area contributed by atoms with Crippen LogP contribution in [-0.4, -0.2) is 75.5 Å². The lowest BCUT2D eigenvalue weighted by Crippen LogP contribution is -2.28. The van der Waals surface area contributed by atoms with Crippen LogP contribution < -0.4 is 10.1 Å². The molecule has 10 nitrogen and oxygen atoms in total. The summed E-state index contributed by atoms with van der Waals surface area (Å²) in [6.45, 7) is 6.68. The van der Waals surface area contributed by atoms with Crippen molar-refractivity contribution >= 4 is 15.9 Å². The summed E-state index contributed by atoms with van der Waals surface area (Å²) in [4.78, 5) is 19.4. The zero-order valence-electron chi connectivity index (χ0n) is 23.8. The maximum absolute atomic E-state index is 13.3. The molecular formula is C29H38N4O6S. The van der Waals surface area contributed by atoms with E-state index < -0.39 is 10.0 Å². The van der Waals surface area contributed by atoms with Crippen LogP contribution in [0, 0.1) is 13.8 Å². The Labute approximate surface area is 236 Å². The summed E-state index contributed by atoms with van der Waals surface area (Å²) in [6, 6.07) is 11.8. The highest BCUT2D eigenvalue weighted by Crippen LogP contribution is 2.28. The summed E-state index contributed by atoms with van der Waals surface area (Å²) >= 11 is 0. The first-order valence-electron chi connectivity index (χ1n) is 13.3. The maximum atomic E-state index is 13.3. The van der Waals surface area contributed by atoms with Gasteiger partial charge < -0.3 is 19.2 Å². The summed E-state index contributed by atoms with van der Waals surface area (Å²) in [7, 11) is 0.932. The number of benzene rings is 2. The largest absolute Gasteiger partial charge is 0.497 e. The fourth-order valence-corrected chi connectivity index (χ4v) is 6.49. The third-order valence-corrected chi connectivity index (χ3v) is 9.28. The fraction of sp³-hybridized carbons (Fsp3) is 0.448. The standard InChI is InChI=1S/C29H38N4O6S/c1-20-14-25(38-5)15-21(2)28(20)40(35,36)32(3)18-27-31-26(19-39-27)29(34)30-12-10-22-6-8-23(9-7-22)16-33-13-11-24(17-33)37-4/h6-9,14-15,19,24H,10-13,16-18H2,1-5H3,(H,30,34). The smallest absolute Gasteiger partial charge is 0.273 e. The van der Waals surface area contributed by atoms with Gasteiger partial charge in [-0.3, -0.25) is 9.69 Å². The molecule has 1 saturated heterocycles. The second kappa shape index (κ2) is 12.9. The first-order valence-corrected chi connectivity index (χ1v) is 14.7. The Morgan fingerprint density at radius 2 is 1.82 bits per heavy atom. The van der Waals surface area contributed by atoms with Gasteiger partial charge in [0.25, 0.3) is 5.91 Å². The van der Waals surface area contributed by atoms with E-state index in [0.717, 1.165) is 35.9 Å². The number of sulfonamides is 1. The molecule has 11 heteroatoms. The summed E-state index contributed by atoms with van der Waals surface area (Å²) in [5, 5.41) is 2.85. The molecule has 216 valence electrons. The van der Waals surface area contributed by atoms with Crippen LogP contribution in [0.3, 0.4) is 0 Å². The molecule has 40 heavy (non-hydrogen) atoms. The van der Waals surface area contributed by atoms with E-state index in [1.165, 1.54) is 26.0 Å². The van der Waals surface area contributed by atoms with Crippen molar-refractivity contribution in [2.24, 2.45) is 0 Å². The lowest BCUT2D eigenvalue weighted by atomic mass is 10.1. The van der Waals surface area contributed by atoms with E-state index in [2.05, 4.69) is 39.5 Å². The number of nitrogens with zero attached hydrogens (tertiary/aromatic N) is 3. The number of methoxy groups -OCH3 is 2. The number of aryl methyl sites for hydroxylation is 2. The highest BCUT2D eigenvalue weighted by molar-refractivity contribution is 7.89. The van der Waals surface area contributed by atoms with Crippen LogP contribution in [0.15, 0.2) is 52.0 Å². The van der Waals surface area contributed by atoms with E-state index >= 15 is 0 Å². The van der Waals surface area contributed by atoms with E-state index in [4.69, 9.17) is 13.9 Å². The molecule has 1 atom stereocenters. The van der Waals surface area contributed by atoms with Crippen molar-refractivity contribution in [1.82, 2.24) is 19.5 Å². The number of hydrogen-bond acceptors (Lipinski definition) is 8. The van der Waals surface area contributed by atoms with Gasteiger partial charge in [0.15, 0.2) is 5.69 Å². The van der Waals surface area contributed by atoms with Crippen molar-refractivity contribution in [3.63, 3.8) is 0 Å². The topological polar surface area (TPSA) is 114 Å². The molecule has 1 amide bonds. The number of ether oxygens (including phenoxy) is 2. The summed E-state index contributed by atoms with van der Waals surface area (Å²) < 4.78 is 43.8. The predicted molar refractivity (Wildman–Crippen MR) is 151 cm³/mol. The number of carbonyl (C=O) groups is 1. The quantitative estimate of drug-likeness (QED) is 0.353. The second-order valence-electron chi connectivity index (χ2n) is 10.2. The lowest BCUT2D eigenvalue weighted by Gasteiger charge is -2.19. The zero-order chi connectivity index (χ0) is 28.9. The van der Waals surface area contributed by atoms with Gasteiger partial charge in [-0.05, 0) is 61.1 Å². The van der Waals surface area contributed by atoms with E-state index in [-0.39, 0.29) is 28.9 Å². The van der Waals surface area contributed by atoms with Crippen molar-refractivity contribution in [3.8, 4) is 5.75 Å². The molecular weight excluding hydrogens is 532 g/mol. The number of nitrogens with one attached hydrogen (secondary N) is 1. The Kier molecular flexibility index (Phi) is 9.62. The summed E-state index contributed by atoms with van der Waals surface area (Å²) in [6.07, 6.45) is 3.31. The minimum atomic E-state index is -3.82. The zero-order valence-corrected chi connectivity index (χ0v) is 24.6. The van der Waals surface area contributed by atoms with E-state index in [1.54, 1.807) is 33.1 Å². The van der Waals surface area contributed by atoms with Crippen LogP contribution in [-0.2, 0) is 34.3 Å². The monoisotopic (exact) mass is 570 g/mol. The van der Waals surface area contributed by atoms with Crippen molar-refractivity contribution in [3.05, 3.63) is 76.5 Å². The molecule has 0 saturated carbocycles. The highest BCUT2D eigenvalue weighted by atomic mass is 32.2. The minimum Gasteiger partial charge on any atom is -0.497 e. The second-order valence-corrected chi connectivity index (χ2v) is 12.2. The predicted octanol–water partition coefficient (Wildman–Crippen LogP) is 3.31. The Balaban J connectivity index is 1.27. The molecule has 0 bridgehead atoms. The first kappa shape index (κ1) is 29.7. The third kappa shape index (κ3) is 7.08. The fourth-order valence-electron chi connectivity index (χ4n) is 4.97. The number of rotatable bonds is 12. The van der Waals surface area contributed by atoms with Crippen LogP contribution in [0.4, 0.5) is 0 Å². The third-order valence-electron chi connectivity index (χ3n) is 7.17. The van der Waals surface area contributed by atoms with Crippen LogP contribution in [0.2, 0.25) is 0 Å². The van der Waals surface area contributed by atoms with E-state index in [0.29, 0.717) is 35.9 Å². The van der Waals surface area contributed by atoms with Gasteiger partial charge >= 0.3 is 0 Å². The number of likely N-dealkylation sites (tertiary alicyclic amines) is 1. The number of amides is 1. The van der Waals surface area contributed by atoms with Crippen molar-refractivity contribution in [1.29, 1.82) is 0 Å². The number of aromatic nitrogens is 1.